The molecule has 2 unspecified atom stereocenters. The number of amidine groups is 1. The Morgan fingerprint density at radius 2 is 1.86 bits per heavy atom. The first-order chi connectivity index (χ1) is 13.7. The molecule has 29 heavy (non-hydrogen) atoms. The van der Waals surface area contributed by atoms with Gasteiger partial charge in [0.1, 0.15) is 18.1 Å². The van der Waals surface area contributed by atoms with Crippen molar-refractivity contribution in [2.24, 2.45) is 10.1 Å². The van der Waals surface area contributed by atoms with Gasteiger partial charge in [0.05, 0.1) is 0 Å². The van der Waals surface area contributed by atoms with Gasteiger partial charge in [0, 0.05) is 19.7 Å². The van der Waals surface area contributed by atoms with Crippen LogP contribution in [-0.4, -0.2) is 87.3 Å². The van der Waals surface area contributed by atoms with Crippen LogP contribution in [0.5, 0.6) is 0 Å². The van der Waals surface area contributed by atoms with Crippen LogP contribution in [0.3, 0.4) is 0 Å². The number of fused-ring (bicyclic) bond motifs is 2. The zero-order chi connectivity index (χ0) is 21.0. The summed E-state index contributed by atoms with van der Waals surface area (Å²) in [5, 5.41) is 6.04. The van der Waals surface area contributed by atoms with Crippen molar-refractivity contribution in [3.8, 4) is 0 Å². The first-order valence-corrected chi connectivity index (χ1v) is 9.11. The molecule has 3 amide bonds. The number of rotatable bonds is 3. The fourth-order valence-corrected chi connectivity index (χ4v) is 3.52. The van der Waals surface area contributed by atoms with Gasteiger partial charge in [0.25, 0.3) is 5.91 Å². The summed E-state index contributed by atoms with van der Waals surface area (Å²) < 4.78 is 15.1. The number of Topliss-reactive ketones (excluding diaryl/α,β-unsaturated/α-hetero) is 1. The second-order valence-corrected chi connectivity index (χ2v) is 7.22. The minimum Gasteiger partial charge on any atom is -0.296 e. The number of carbonyl (C=O) groups excluding carboxylic acids is 3. The third kappa shape index (κ3) is 2.82. The number of aliphatic imine (C=N–C) groups is 1. The van der Waals surface area contributed by atoms with Crippen LogP contribution < -0.4 is 0 Å². The molecule has 150 valence electrons. The average Bonchev–Trinajstić information content (AvgIpc) is 3.09. The van der Waals surface area contributed by atoms with Gasteiger partial charge in [-0.3, -0.25) is 19.4 Å². The lowest BCUT2D eigenvalue weighted by molar-refractivity contribution is -0.527. The van der Waals surface area contributed by atoms with Crippen molar-refractivity contribution >= 4 is 35.2 Å². The summed E-state index contributed by atoms with van der Waals surface area (Å²) in [6, 6.07) is 3.93. The Balaban J connectivity index is 1.81. The standard InChI is InChI=1S/C19H20FN6O3/c1-10(11(2)27)26-18-21-16-15(17(28)24(4)19(29)23(16)3)25(18)9-14(22-26)12-5-7-13(20)8-6-12/h5-8,10,15H,9H2,1-4H3/q+1. The number of amides is 3. The van der Waals surface area contributed by atoms with Crippen LogP contribution in [0, 0.1) is 5.82 Å². The van der Waals surface area contributed by atoms with Crippen molar-refractivity contribution in [1.29, 1.82) is 0 Å². The van der Waals surface area contributed by atoms with Gasteiger partial charge in [0.2, 0.25) is 11.9 Å². The van der Waals surface area contributed by atoms with E-state index in [4.69, 9.17) is 0 Å². The van der Waals surface area contributed by atoms with Gasteiger partial charge < -0.3 is 0 Å². The Kier molecular flexibility index (Phi) is 4.29. The van der Waals surface area contributed by atoms with E-state index in [9.17, 15) is 18.8 Å². The topological polar surface area (TPSA) is 88.7 Å². The van der Waals surface area contributed by atoms with Gasteiger partial charge in [-0.05, 0) is 26.0 Å². The first-order valence-electron chi connectivity index (χ1n) is 9.11. The molecular formula is C19H20FN6O3+. The van der Waals surface area contributed by atoms with E-state index in [1.54, 1.807) is 30.7 Å². The fourth-order valence-electron chi connectivity index (χ4n) is 3.52. The van der Waals surface area contributed by atoms with E-state index in [0.717, 1.165) is 4.90 Å². The molecule has 0 spiro atoms. The molecule has 1 aromatic carbocycles. The van der Waals surface area contributed by atoms with Crippen molar-refractivity contribution < 1.29 is 23.3 Å². The normalized spacial score (nSPS) is 22.4. The van der Waals surface area contributed by atoms with E-state index < -0.39 is 24.0 Å². The Bertz CT molecular complexity index is 1030. The van der Waals surface area contributed by atoms with E-state index in [-0.39, 0.29) is 18.1 Å². The molecule has 3 heterocycles. The number of hydrogen-bond acceptors (Lipinski definition) is 6. The lowest BCUT2D eigenvalue weighted by atomic mass is 10.1. The molecule has 1 fully saturated rings. The van der Waals surface area contributed by atoms with Crippen LogP contribution in [0.15, 0.2) is 34.4 Å². The van der Waals surface area contributed by atoms with Gasteiger partial charge in [-0.1, -0.05) is 17.1 Å². The molecule has 0 aliphatic carbocycles. The number of carbonyl (C=O) groups is 3. The maximum Gasteiger partial charge on any atom is 0.417 e. The van der Waals surface area contributed by atoms with Crippen LogP contribution in [0.2, 0.25) is 0 Å². The summed E-state index contributed by atoms with van der Waals surface area (Å²) in [7, 11) is 2.97. The molecule has 1 saturated heterocycles. The maximum atomic E-state index is 13.4. The Labute approximate surface area is 166 Å². The molecule has 3 aliphatic heterocycles. The highest BCUT2D eigenvalue weighted by atomic mass is 19.1. The molecule has 0 N–H and O–H groups in total. The SMILES string of the molecule is CC(=O)C(C)N1N=C(c2ccc(F)cc2)C[N+]2=C1N=C1C2C(=O)N(C)C(=O)N1C. The summed E-state index contributed by atoms with van der Waals surface area (Å²) in [4.78, 5) is 44.2. The highest BCUT2D eigenvalue weighted by Gasteiger charge is 2.54. The number of hydrazone groups is 1. The number of urea groups is 1. The molecule has 3 aliphatic rings. The number of halogens is 1. The van der Waals surface area contributed by atoms with Crippen LogP contribution in [0.25, 0.3) is 0 Å². The lowest BCUT2D eigenvalue weighted by Gasteiger charge is -2.32. The van der Waals surface area contributed by atoms with Crippen LogP contribution in [0.1, 0.15) is 19.4 Å². The van der Waals surface area contributed by atoms with Crippen molar-refractivity contribution in [2.45, 2.75) is 25.9 Å². The van der Waals surface area contributed by atoms with Gasteiger partial charge >= 0.3 is 12.0 Å². The zero-order valence-electron chi connectivity index (χ0n) is 16.5. The number of benzene rings is 1. The molecule has 10 heteroatoms. The zero-order valence-corrected chi connectivity index (χ0v) is 16.5. The van der Waals surface area contributed by atoms with Crippen LogP contribution >= 0.6 is 0 Å². The van der Waals surface area contributed by atoms with Gasteiger partial charge in [-0.15, -0.1) is 10.1 Å². The molecule has 4 rings (SSSR count). The van der Waals surface area contributed by atoms with Crippen LogP contribution in [0.4, 0.5) is 9.18 Å². The predicted octanol–water partition coefficient (Wildman–Crippen LogP) is 0.496. The van der Waals surface area contributed by atoms with Crippen molar-refractivity contribution in [1.82, 2.24) is 14.8 Å². The molecule has 0 aromatic heterocycles. The summed E-state index contributed by atoms with van der Waals surface area (Å²) in [6.45, 7) is 3.36. The minimum atomic E-state index is -0.801. The number of nitrogens with zero attached hydrogens (tertiary/aromatic N) is 6. The first kappa shape index (κ1) is 18.9. The van der Waals surface area contributed by atoms with Crippen molar-refractivity contribution in [2.75, 3.05) is 20.6 Å². The van der Waals surface area contributed by atoms with Gasteiger partial charge in [-0.25, -0.2) is 13.8 Å². The molecule has 0 saturated carbocycles. The number of guanidine groups is 1. The highest BCUT2D eigenvalue weighted by molar-refractivity contribution is 6.23. The van der Waals surface area contributed by atoms with E-state index >= 15 is 0 Å². The summed E-state index contributed by atoms with van der Waals surface area (Å²) in [5.74, 6) is -0.282. The van der Waals surface area contributed by atoms with E-state index in [1.165, 1.54) is 36.0 Å². The van der Waals surface area contributed by atoms with Crippen LogP contribution in [-0.2, 0) is 9.59 Å². The monoisotopic (exact) mass is 399 g/mol. The van der Waals surface area contributed by atoms with E-state index in [2.05, 4.69) is 10.1 Å². The largest absolute Gasteiger partial charge is 0.417 e. The van der Waals surface area contributed by atoms with Crippen molar-refractivity contribution in [3.05, 3.63) is 35.6 Å². The average molecular weight is 399 g/mol. The van der Waals surface area contributed by atoms with E-state index in [1.807, 2.05) is 0 Å². The second-order valence-electron chi connectivity index (χ2n) is 7.22. The van der Waals surface area contributed by atoms with E-state index in [0.29, 0.717) is 23.1 Å². The quantitative estimate of drug-likeness (QED) is 0.693. The number of likely N-dealkylation sites (N-methyl/N-ethyl adjacent to an activating group) is 2. The lowest BCUT2D eigenvalue weighted by Crippen LogP contribution is -2.62. The van der Waals surface area contributed by atoms with Crippen molar-refractivity contribution in [3.63, 3.8) is 0 Å². The smallest absolute Gasteiger partial charge is 0.296 e. The Hall–Kier alpha value is -3.43. The second kappa shape index (κ2) is 6.57. The fraction of sp³-hybridized carbons (Fsp3) is 0.368. The highest BCUT2D eigenvalue weighted by Crippen LogP contribution is 2.24. The summed E-state index contributed by atoms with van der Waals surface area (Å²) >= 11 is 0. The summed E-state index contributed by atoms with van der Waals surface area (Å²) in [6.07, 6.45) is 0. The maximum absolute atomic E-state index is 13.4. The third-order valence-corrected chi connectivity index (χ3v) is 5.40. The minimum absolute atomic E-state index is 0.135. The third-order valence-electron chi connectivity index (χ3n) is 5.40. The molecule has 1 aromatic rings. The van der Waals surface area contributed by atoms with Gasteiger partial charge in [0.15, 0.2) is 11.8 Å². The Morgan fingerprint density at radius 3 is 2.48 bits per heavy atom. The van der Waals surface area contributed by atoms with Gasteiger partial charge in [-0.2, -0.15) is 0 Å². The molecule has 0 bridgehead atoms. The Morgan fingerprint density at radius 1 is 1.21 bits per heavy atom. The number of imide groups is 1. The molecule has 2 atom stereocenters. The molecular weight excluding hydrogens is 379 g/mol. The molecule has 9 nitrogen and oxygen atoms in total. The predicted molar refractivity (Wildman–Crippen MR) is 102 cm³/mol. The molecule has 0 radical (unpaired) electrons. The number of hydrogen-bond donors (Lipinski definition) is 0. The summed E-state index contributed by atoms with van der Waals surface area (Å²) in [5.41, 5.74) is 1.23. The number of ketones is 1.